The molecule has 1 aromatic rings. The molecule has 1 N–H and O–H groups in total. The van der Waals surface area contributed by atoms with Gasteiger partial charge in [-0.05, 0) is 19.2 Å². The predicted molar refractivity (Wildman–Crippen MR) is 77.1 cm³/mol. The van der Waals surface area contributed by atoms with Gasteiger partial charge in [0.2, 0.25) is 0 Å². The van der Waals surface area contributed by atoms with E-state index in [0.717, 1.165) is 18.8 Å². The van der Waals surface area contributed by atoms with E-state index in [4.69, 9.17) is 11.6 Å². The summed E-state index contributed by atoms with van der Waals surface area (Å²) in [6.45, 7) is 2.04. The molecule has 4 nitrogen and oxygen atoms in total. The summed E-state index contributed by atoms with van der Waals surface area (Å²) in [7, 11) is -0.984. The fourth-order valence-corrected chi connectivity index (χ4v) is 2.27. The zero-order valence-electron chi connectivity index (χ0n) is 10.7. The van der Waals surface area contributed by atoms with E-state index in [0.29, 0.717) is 11.6 Å². The van der Waals surface area contributed by atoms with Crippen LogP contribution in [0.4, 0.5) is 5.69 Å². The molecule has 1 rings (SSSR count). The summed E-state index contributed by atoms with van der Waals surface area (Å²) in [6, 6.07) is 7.55. The summed E-state index contributed by atoms with van der Waals surface area (Å²) in [4.78, 5) is 1.98. The third-order valence-electron chi connectivity index (χ3n) is 2.53. The van der Waals surface area contributed by atoms with Crippen molar-refractivity contribution in [1.29, 1.82) is 0 Å². The minimum absolute atomic E-state index is 0.190. The normalized spacial score (nSPS) is 11.8. The molecule has 0 spiro atoms. The highest BCUT2D eigenvalue weighted by molar-refractivity contribution is 7.90. The van der Waals surface area contributed by atoms with Gasteiger partial charge in [-0.25, -0.2) is 8.42 Å². The number of rotatable bonds is 7. The van der Waals surface area contributed by atoms with Crippen LogP contribution in [0.15, 0.2) is 24.3 Å². The van der Waals surface area contributed by atoms with Gasteiger partial charge in [0.05, 0.1) is 16.5 Å². The Hall–Kier alpha value is -0.780. The molecule has 0 aliphatic carbocycles. The van der Waals surface area contributed by atoms with Crippen molar-refractivity contribution in [3.05, 3.63) is 29.3 Å². The van der Waals surface area contributed by atoms with Crippen molar-refractivity contribution < 1.29 is 8.42 Å². The highest BCUT2D eigenvalue weighted by Gasteiger charge is 2.05. The molecule has 0 bridgehead atoms. The summed E-state index contributed by atoms with van der Waals surface area (Å²) in [5.74, 6) is 0.190. The van der Waals surface area contributed by atoms with E-state index in [-0.39, 0.29) is 5.75 Å². The number of halogens is 1. The molecule has 0 aromatic heterocycles. The number of anilines is 1. The van der Waals surface area contributed by atoms with Gasteiger partial charge in [0, 0.05) is 25.9 Å². The zero-order chi connectivity index (χ0) is 13.6. The molecule has 0 radical (unpaired) electrons. The first-order chi connectivity index (χ1) is 8.38. The van der Waals surface area contributed by atoms with Gasteiger partial charge in [-0.2, -0.15) is 0 Å². The SMILES string of the molecule is CN(CCNc1ccccc1Cl)CCS(C)(=O)=O. The number of nitrogens with one attached hydrogen (secondary N) is 1. The summed E-state index contributed by atoms with van der Waals surface area (Å²) in [5.41, 5.74) is 0.899. The van der Waals surface area contributed by atoms with Gasteiger partial charge in [-0.3, -0.25) is 0 Å². The van der Waals surface area contributed by atoms with Crippen LogP contribution in [0.25, 0.3) is 0 Å². The molecule has 0 aliphatic rings. The Kier molecular flexibility index (Phi) is 5.91. The molecular weight excluding hydrogens is 272 g/mol. The lowest BCUT2D eigenvalue weighted by molar-refractivity contribution is 0.367. The first-order valence-electron chi connectivity index (χ1n) is 5.73. The fraction of sp³-hybridized carbons (Fsp3) is 0.500. The van der Waals surface area contributed by atoms with E-state index < -0.39 is 9.84 Å². The molecule has 0 saturated carbocycles. The van der Waals surface area contributed by atoms with Gasteiger partial charge in [-0.15, -0.1) is 0 Å². The second-order valence-corrected chi connectivity index (χ2v) is 7.01. The van der Waals surface area contributed by atoms with Crippen molar-refractivity contribution in [2.75, 3.05) is 44.0 Å². The maximum absolute atomic E-state index is 11.0. The standard InChI is InChI=1S/C12H19ClN2O2S/c1-15(9-10-18(2,16)17)8-7-14-12-6-4-3-5-11(12)13/h3-6,14H,7-10H2,1-2H3. The van der Waals surface area contributed by atoms with Crippen LogP contribution in [0, 0.1) is 0 Å². The van der Waals surface area contributed by atoms with Crippen LogP contribution < -0.4 is 5.32 Å². The quantitative estimate of drug-likeness (QED) is 0.831. The molecule has 0 amide bonds. The fourth-order valence-electron chi connectivity index (χ4n) is 1.42. The van der Waals surface area contributed by atoms with Crippen molar-refractivity contribution in [2.24, 2.45) is 0 Å². The molecule has 1 aromatic carbocycles. The third kappa shape index (κ3) is 6.23. The number of likely N-dealkylation sites (N-methyl/N-ethyl adjacent to an activating group) is 1. The predicted octanol–water partition coefficient (Wildman–Crippen LogP) is 1.73. The van der Waals surface area contributed by atoms with Crippen LogP contribution >= 0.6 is 11.6 Å². The first kappa shape index (κ1) is 15.3. The minimum Gasteiger partial charge on any atom is -0.383 e. The van der Waals surface area contributed by atoms with Crippen LogP contribution in [0.2, 0.25) is 5.02 Å². The van der Waals surface area contributed by atoms with Crippen molar-refractivity contribution in [2.45, 2.75) is 0 Å². The van der Waals surface area contributed by atoms with E-state index in [9.17, 15) is 8.42 Å². The topological polar surface area (TPSA) is 49.4 Å². The highest BCUT2D eigenvalue weighted by atomic mass is 35.5. The van der Waals surface area contributed by atoms with Crippen LogP contribution in [-0.4, -0.2) is 52.0 Å². The monoisotopic (exact) mass is 290 g/mol. The molecule has 6 heteroatoms. The van der Waals surface area contributed by atoms with Gasteiger partial charge in [0.1, 0.15) is 9.84 Å². The Bertz CT molecular complexity index is 477. The van der Waals surface area contributed by atoms with Crippen molar-refractivity contribution in [1.82, 2.24) is 4.90 Å². The van der Waals surface area contributed by atoms with E-state index in [2.05, 4.69) is 5.32 Å². The molecule has 0 unspecified atom stereocenters. The molecule has 102 valence electrons. The average molecular weight is 291 g/mol. The van der Waals surface area contributed by atoms with E-state index in [1.807, 2.05) is 36.2 Å². The molecular formula is C12H19ClN2O2S. The summed E-state index contributed by atoms with van der Waals surface area (Å²) < 4.78 is 22.0. The average Bonchev–Trinajstić information content (AvgIpc) is 2.28. The minimum atomic E-state index is -2.89. The van der Waals surface area contributed by atoms with E-state index in [1.54, 1.807) is 0 Å². The lowest BCUT2D eigenvalue weighted by Gasteiger charge is -2.17. The van der Waals surface area contributed by atoms with Crippen molar-refractivity contribution in [3.8, 4) is 0 Å². The molecule has 0 saturated heterocycles. The number of benzene rings is 1. The van der Waals surface area contributed by atoms with Gasteiger partial charge < -0.3 is 10.2 Å². The Morgan fingerprint density at radius 1 is 1.28 bits per heavy atom. The number of para-hydroxylation sites is 1. The number of hydrogen-bond donors (Lipinski definition) is 1. The second kappa shape index (κ2) is 6.97. The Morgan fingerprint density at radius 3 is 2.56 bits per heavy atom. The summed E-state index contributed by atoms with van der Waals surface area (Å²) in [6.07, 6.45) is 1.25. The largest absolute Gasteiger partial charge is 0.383 e. The summed E-state index contributed by atoms with van der Waals surface area (Å²) in [5, 5.41) is 3.91. The maximum Gasteiger partial charge on any atom is 0.148 e. The van der Waals surface area contributed by atoms with Crippen molar-refractivity contribution in [3.63, 3.8) is 0 Å². The van der Waals surface area contributed by atoms with Gasteiger partial charge in [-0.1, -0.05) is 23.7 Å². The van der Waals surface area contributed by atoms with Crippen molar-refractivity contribution >= 4 is 27.1 Å². The molecule has 0 aliphatic heterocycles. The van der Waals surface area contributed by atoms with Gasteiger partial charge >= 0.3 is 0 Å². The Morgan fingerprint density at radius 2 is 1.94 bits per heavy atom. The smallest absolute Gasteiger partial charge is 0.148 e. The molecule has 18 heavy (non-hydrogen) atoms. The second-order valence-electron chi connectivity index (χ2n) is 4.34. The molecule has 0 atom stereocenters. The molecule has 0 heterocycles. The lowest BCUT2D eigenvalue weighted by Crippen LogP contribution is -2.29. The van der Waals surface area contributed by atoms with Crippen LogP contribution in [-0.2, 0) is 9.84 Å². The van der Waals surface area contributed by atoms with Crippen LogP contribution in [0.3, 0.4) is 0 Å². The lowest BCUT2D eigenvalue weighted by atomic mass is 10.3. The van der Waals surface area contributed by atoms with Crippen LogP contribution in [0.1, 0.15) is 0 Å². The number of sulfone groups is 1. The first-order valence-corrected chi connectivity index (χ1v) is 8.17. The number of hydrogen-bond acceptors (Lipinski definition) is 4. The van der Waals surface area contributed by atoms with E-state index in [1.165, 1.54) is 6.26 Å². The Balaban J connectivity index is 2.28. The van der Waals surface area contributed by atoms with E-state index >= 15 is 0 Å². The molecule has 0 fully saturated rings. The van der Waals surface area contributed by atoms with Gasteiger partial charge in [0.25, 0.3) is 0 Å². The van der Waals surface area contributed by atoms with Crippen LogP contribution in [0.5, 0.6) is 0 Å². The highest BCUT2D eigenvalue weighted by Crippen LogP contribution is 2.19. The maximum atomic E-state index is 11.0. The third-order valence-corrected chi connectivity index (χ3v) is 3.78. The van der Waals surface area contributed by atoms with Gasteiger partial charge in [0.15, 0.2) is 0 Å². The Labute approximate surface area is 114 Å². The number of nitrogens with zero attached hydrogens (tertiary/aromatic N) is 1. The summed E-state index contributed by atoms with van der Waals surface area (Å²) >= 11 is 6.01. The zero-order valence-corrected chi connectivity index (χ0v) is 12.3.